The van der Waals surface area contributed by atoms with Gasteiger partial charge in [0.05, 0.1) is 28.4 Å². The maximum atomic E-state index is 12.6. The number of carbonyl (C=O) groups excluding carboxylic acids is 2. The lowest BCUT2D eigenvalue weighted by molar-refractivity contribution is -0.383. The monoisotopic (exact) mass is 373 g/mol. The average molecular weight is 373 g/mol. The van der Waals surface area contributed by atoms with Crippen molar-refractivity contribution in [1.82, 2.24) is 4.98 Å². The second kappa shape index (κ2) is 8.57. The number of ether oxygens (including phenoxy) is 1. The van der Waals surface area contributed by atoms with E-state index in [1.807, 2.05) is 13.8 Å². The van der Waals surface area contributed by atoms with Crippen LogP contribution in [0, 0.1) is 23.0 Å². The Bertz CT molecular complexity index is 879. The first-order valence-electron chi connectivity index (χ1n) is 8.70. The third-order valence-electron chi connectivity index (χ3n) is 4.16. The SMILES string of the molecule is Cc1nc2cccc([N+](=O)[O-])c2cc1C(CCC(N)=O)C(=O)OCC(C)C. The molecule has 1 atom stereocenters. The Morgan fingerprint density at radius 2 is 2.04 bits per heavy atom. The summed E-state index contributed by atoms with van der Waals surface area (Å²) in [5.74, 6) is -1.64. The van der Waals surface area contributed by atoms with Gasteiger partial charge in [0, 0.05) is 18.2 Å². The third-order valence-corrected chi connectivity index (χ3v) is 4.16. The third kappa shape index (κ3) is 4.99. The summed E-state index contributed by atoms with van der Waals surface area (Å²) >= 11 is 0. The molecule has 0 bridgehead atoms. The predicted octanol–water partition coefficient (Wildman–Crippen LogP) is 3.00. The number of nitro benzene ring substituents is 1. The second-order valence-corrected chi connectivity index (χ2v) is 6.85. The van der Waals surface area contributed by atoms with Crippen molar-refractivity contribution in [2.24, 2.45) is 11.7 Å². The van der Waals surface area contributed by atoms with Crippen molar-refractivity contribution in [1.29, 1.82) is 0 Å². The molecule has 2 aromatic rings. The number of benzene rings is 1. The number of amides is 1. The van der Waals surface area contributed by atoms with E-state index >= 15 is 0 Å². The van der Waals surface area contributed by atoms with Gasteiger partial charge in [0.1, 0.15) is 0 Å². The summed E-state index contributed by atoms with van der Waals surface area (Å²) in [6.07, 6.45) is 0.150. The molecule has 27 heavy (non-hydrogen) atoms. The lowest BCUT2D eigenvalue weighted by atomic mass is 9.91. The maximum absolute atomic E-state index is 12.6. The number of non-ortho nitro benzene ring substituents is 1. The minimum Gasteiger partial charge on any atom is -0.465 e. The molecule has 0 fully saturated rings. The van der Waals surface area contributed by atoms with Crippen molar-refractivity contribution in [3.05, 3.63) is 45.6 Å². The van der Waals surface area contributed by atoms with Crippen molar-refractivity contribution in [2.45, 2.75) is 39.5 Å². The zero-order chi connectivity index (χ0) is 20.1. The van der Waals surface area contributed by atoms with Gasteiger partial charge in [0.15, 0.2) is 0 Å². The highest BCUT2D eigenvalue weighted by atomic mass is 16.6. The van der Waals surface area contributed by atoms with Crippen LogP contribution in [0.3, 0.4) is 0 Å². The molecule has 1 aromatic carbocycles. The summed E-state index contributed by atoms with van der Waals surface area (Å²) in [6.45, 7) is 5.79. The van der Waals surface area contributed by atoms with Crippen LogP contribution in [0.5, 0.6) is 0 Å². The number of nitrogens with zero attached hydrogens (tertiary/aromatic N) is 2. The van der Waals surface area contributed by atoms with E-state index in [2.05, 4.69) is 4.98 Å². The fourth-order valence-electron chi connectivity index (χ4n) is 2.84. The number of nitrogens with two attached hydrogens (primary N) is 1. The Labute approximate surface area is 156 Å². The summed E-state index contributed by atoms with van der Waals surface area (Å²) in [5.41, 5.74) is 6.67. The number of nitro groups is 1. The van der Waals surface area contributed by atoms with Gasteiger partial charge in [-0.05, 0) is 37.0 Å². The van der Waals surface area contributed by atoms with Gasteiger partial charge in [0.25, 0.3) is 5.69 Å². The van der Waals surface area contributed by atoms with E-state index in [9.17, 15) is 19.7 Å². The summed E-state index contributed by atoms with van der Waals surface area (Å²) < 4.78 is 5.34. The summed E-state index contributed by atoms with van der Waals surface area (Å²) in [7, 11) is 0. The second-order valence-electron chi connectivity index (χ2n) is 6.85. The first kappa shape index (κ1) is 20.3. The fraction of sp³-hybridized carbons (Fsp3) is 0.421. The minimum atomic E-state index is -0.770. The Morgan fingerprint density at radius 1 is 1.33 bits per heavy atom. The van der Waals surface area contributed by atoms with Crippen molar-refractivity contribution in [3.63, 3.8) is 0 Å². The van der Waals surface area contributed by atoms with Crippen LogP contribution in [0.25, 0.3) is 10.9 Å². The smallest absolute Gasteiger partial charge is 0.313 e. The fourth-order valence-corrected chi connectivity index (χ4v) is 2.84. The van der Waals surface area contributed by atoms with Crippen LogP contribution in [0.4, 0.5) is 5.69 Å². The van der Waals surface area contributed by atoms with E-state index in [4.69, 9.17) is 10.5 Å². The zero-order valence-corrected chi connectivity index (χ0v) is 15.6. The van der Waals surface area contributed by atoms with Crippen molar-refractivity contribution >= 4 is 28.5 Å². The molecule has 1 unspecified atom stereocenters. The molecular weight excluding hydrogens is 350 g/mol. The number of carbonyl (C=O) groups is 2. The standard InChI is InChI=1S/C19H23N3O5/c1-11(2)10-27-19(24)13(7-8-18(20)23)14-9-15-16(21-12(14)3)5-4-6-17(15)22(25)26/h4-6,9,11,13H,7-8,10H2,1-3H3,(H2,20,23). The number of fused-ring (bicyclic) bond motifs is 1. The van der Waals surface area contributed by atoms with Gasteiger partial charge in [-0.15, -0.1) is 0 Å². The van der Waals surface area contributed by atoms with Gasteiger partial charge in [-0.1, -0.05) is 19.9 Å². The van der Waals surface area contributed by atoms with Crippen molar-refractivity contribution in [3.8, 4) is 0 Å². The van der Waals surface area contributed by atoms with Crippen LogP contribution in [0.15, 0.2) is 24.3 Å². The van der Waals surface area contributed by atoms with Gasteiger partial charge in [-0.3, -0.25) is 24.7 Å². The number of hydrogen-bond donors (Lipinski definition) is 1. The predicted molar refractivity (Wildman–Crippen MR) is 100 cm³/mol. The van der Waals surface area contributed by atoms with Gasteiger partial charge in [-0.25, -0.2) is 0 Å². The lowest BCUT2D eigenvalue weighted by Gasteiger charge is -2.19. The Morgan fingerprint density at radius 3 is 2.63 bits per heavy atom. The molecule has 0 aliphatic carbocycles. The number of aromatic nitrogens is 1. The van der Waals surface area contributed by atoms with E-state index in [1.54, 1.807) is 25.1 Å². The van der Waals surface area contributed by atoms with E-state index < -0.39 is 22.7 Å². The number of aryl methyl sites for hydroxylation is 1. The molecule has 1 aromatic heterocycles. The number of esters is 1. The zero-order valence-electron chi connectivity index (χ0n) is 15.6. The molecule has 8 nitrogen and oxygen atoms in total. The van der Waals surface area contributed by atoms with Gasteiger partial charge in [-0.2, -0.15) is 0 Å². The summed E-state index contributed by atoms with van der Waals surface area (Å²) in [6, 6.07) is 6.22. The first-order chi connectivity index (χ1) is 12.7. The number of rotatable bonds is 8. The molecule has 2 N–H and O–H groups in total. The molecular formula is C19H23N3O5. The van der Waals surface area contributed by atoms with Crippen molar-refractivity contribution < 1.29 is 19.2 Å². The highest BCUT2D eigenvalue weighted by Crippen LogP contribution is 2.32. The van der Waals surface area contributed by atoms with Gasteiger partial charge >= 0.3 is 5.97 Å². The Hall–Kier alpha value is -3.03. The van der Waals surface area contributed by atoms with Gasteiger partial charge in [0.2, 0.25) is 5.91 Å². The first-order valence-corrected chi connectivity index (χ1v) is 8.70. The molecule has 144 valence electrons. The van der Waals surface area contributed by atoms with Crippen LogP contribution in [0.2, 0.25) is 0 Å². The topological polar surface area (TPSA) is 125 Å². The molecule has 1 heterocycles. The quantitative estimate of drug-likeness (QED) is 0.431. The molecule has 0 aliphatic heterocycles. The van der Waals surface area contributed by atoms with Gasteiger partial charge < -0.3 is 10.5 Å². The largest absolute Gasteiger partial charge is 0.465 e. The molecule has 0 radical (unpaired) electrons. The Kier molecular flexibility index (Phi) is 6.44. The Balaban J connectivity index is 2.52. The van der Waals surface area contributed by atoms with Crippen LogP contribution in [-0.2, 0) is 14.3 Å². The lowest BCUT2D eigenvalue weighted by Crippen LogP contribution is -2.22. The van der Waals surface area contributed by atoms with Crippen LogP contribution < -0.4 is 5.73 Å². The summed E-state index contributed by atoms with van der Waals surface area (Å²) in [5, 5.41) is 11.7. The minimum absolute atomic E-state index is 0.00416. The molecule has 0 spiro atoms. The summed E-state index contributed by atoms with van der Waals surface area (Å²) in [4.78, 5) is 39.1. The number of hydrogen-bond acceptors (Lipinski definition) is 6. The van der Waals surface area contributed by atoms with Crippen molar-refractivity contribution in [2.75, 3.05) is 6.61 Å². The molecule has 2 rings (SSSR count). The number of pyridine rings is 1. The average Bonchev–Trinajstić information content (AvgIpc) is 2.59. The molecule has 0 saturated heterocycles. The van der Waals surface area contributed by atoms with E-state index in [1.165, 1.54) is 6.07 Å². The molecule has 0 aliphatic rings. The van der Waals surface area contributed by atoms with E-state index in [0.29, 0.717) is 22.2 Å². The van der Waals surface area contributed by atoms with Crippen LogP contribution in [-0.4, -0.2) is 28.4 Å². The van der Waals surface area contributed by atoms with Crippen LogP contribution >= 0.6 is 0 Å². The normalized spacial score (nSPS) is 12.1. The molecule has 0 saturated carbocycles. The molecule has 1 amide bonds. The maximum Gasteiger partial charge on any atom is 0.313 e. The molecule has 8 heteroatoms. The number of primary amides is 1. The van der Waals surface area contributed by atoms with E-state index in [-0.39, 0.29) is 31.1 Å². The van der Waals surface area contributed by atoms with Crippen LogP contribution in [0.1, 0.15) is 43.9 Å². The highest BCUT2D eigenvalue weighted by molar-refractivity contribution is 5.90. The highest BCUT2D eigenvalue weighted by Gasteiger charge is 2.27. The van der Waals surface area contributed by atoms with E-state index in [0.717, 1.165) is 0 Å².